The Morgan fingerprint density at radius 2 is 2.07 bits per heavy atom. The number of hydrogen-bond donors (Lipinski definition) is 1. The number of carbonyl (C=O) groups is 2. The molecule has 2 fully saturated rings. The zero-order chi connectivity index (χ0) is 18.9. The molecule has 0 atom stereocenters. The number of amides is 3. The monoisotopic (exact) mass is 449 g/mol. The fraction of sp³-hybridized carbons (Fsp3) is 0.368. The van der Waals surface area contributed by atoms with Crippen LogP contribution < -0.4 is 5.32 Å². The maximum atomic E-state index is 12.6. The van der Waals surface area contributed by atoms with Crippen LogP contribution in [0.4, 0.5) is 10.5 Å². The summed E-state index contributed by atoms with van der Waals surface area (Å²) >= 11 is 5.11. The summed E-state index contributed by atoms with van der Waals surface area (Å²) in [4.78, 5) is 28.5. The number of carbonyl (C=O) groups excluding carboxylic acids is 2. The molecule has 6 nitrogen and oxygen atoms in total. The molecule has 1 aromatic heterocycles. The maximum absolute atomic E-state index is 12.6. The summed E-state index contributed by atoms with van der Waals surface area (Å²) in [6, 6.07) is 11.2. The van der Waals surface area contributed by atoms with Crippen molar-refractivity contribution in [3.63, 3.8) is 0 Å². The Balaban J connectivity index is 1.40. The zero-order valence-corrected chi connectivity index (χ0v) is 17.1. The molecule has 2 saturated heterocycles. The second kappa shape index (κ2) is 7.59. The number of furan rings is 1. The van der Waals surface area contributed by atoms with Crippen LogP contribution in [0.5, 0.6) is 0 Å². The van der Waals surface area contributed by atoms with Crippen LogP contribution >= 0.6 is 27.7 Å². The average molecular weight is 450 g/mol. The van der Waals surface area contributed by atoms with Crippen LogP contribution in [0.3, 0.4) is 0 Å². The van der Waals surface area contributed by atoms with Gasteiger partial charge in [0, 0.05) is 23.2 Å². The van der Waals surface area contributed by atoms with Gasteiger partial charge in [-0.3, -0.25) is 4.79 Å². The summed E-state index contributed by atoms with van der Waals surface area (Å²) in [5, 5.41) is 2.94. The summed E-state index contributed by atoms with van der Waals surface area (Å²) in [5.74, 6) is 1.42. The van der Waals surface area contributed by atoms with Gasteiger partial charge in [-0.05, 0) is 43.2 Å². The van der Waals surface area contributed by atoms with Crippen molar-refractivity contribution in [2.24, 2.45) is 0 Å². The van der Waals surface area contributed by atoms with Crippen molar-refractivity contribution in [1.82, 2.24) is 9.80 Å². The molecular formula is C19H20BrN3O3S. The highest BCUT2D eigenvalue weighted by Crippen LogP contribution is 2.45. The number of rotatable bonds is 3. The van der Waals surface area contributed by atoms with Crippen LogP contribution in [0.25, 0.3) is 0 Å². The summed E-state index contributed by atoms with van der Waals surface area (Å²) < 4.78 is 6.36. The maximum Gasteiger partial charge on any atom is 0.321 e. The smallest absolute Gasteiger partial charge is 0.321 e. The lowest BCUT2D eigenvalue weighted by atomic mass is 10.0. The first-order chi connectivity index (χ1) is 13.1. The van der Waals surface area contributed by atoms with E-state index in [9.17, 15) is 9.59 Å². The Bertz CT molecular complexity index is 834. The van der Waals surface area contributed by atoms with E-state index < -0.39 is 0 Å². The van der Waals surface area contributed by atoms with Crippen molar-refractivity contribution in [1.29, 1.82) is 0 Å². The lowest BCUT2D eigenvalue weighted by molar-refractivity contribution is -0.132. The molecule has 2 aliphatic heterocycles. The molecule has 0 aliphatic carbocycles. The predicted octanol–water partition coefficient (Wildman–Crippen LogP) is 4.14. The SMILES string of the molecule is O=C(Nc1cccc(Br)c1)N1CCC2(CC1)SCC(=O)N2Cc1ccco1. The van der Waals surface area contributed by atoms with Crippen molar-refractivity contribution in [2.75, 3.05) is 24.2 Å². The van der Waals surface area contributed by atoms with E-state index in [2.05, 4.69) is 21.2 Å². The van der Waals surface area contributed by atoms with Gasteiger partial charge in [-0.25, -0.2) is 4.79 Å². The molecule has 1 spiro atoms. The first kappa shape index (κ1) is 18.4. The van der Waals surface area contributed by atoms with Crippen molar-refractivity contribution in [2.45, 2.75) is 24.3 Å². The van der Waals surface area contributed by atoms with Gasteiger partial charge in [0.2, 0.25) is 5.91 Å². The highest BCUT2D eigenvalue weighted by atomic mass is 79.9. The third kappa shape index (κ3) is 3.87. The highest BCUT2D eigenvalue weighted by Gasteiger charge is 2.48. The van der Waals surface area contributed by atoms with E-state index >= 15 is 0 Å². The number of thioether (sulfide) groups is 1. The number of anilines is 1. The quantitative estimate of drug-likeness (QED) is 0.764. The fourth-order valence-corrected chi connectivity index (χ4v) is 5.35. The van der Waals surface area contributed by atoms with Crippen LogP contribution in [-0.4, -0.2) is 45.5 Å². The second-order valence-electron chi connectivity index (χ2n) is 6.72. The van der Waals surface area contributed by atoms with Crippen LogP contribution in [-0.2, 0) is 11.3 Å². The van der Waals surface area contributed by atoms with Crippen LogP contribution in [0.1, 0.15) is 18.6 Å². The molecule has 0 saturated carbocycles. The Morgan fingerprint density at radius 1 is 1.26 bits per heavy atom. The molecule has 8 heteroatoms. The molecule has 1 N–H and O–H groups in total. The third-order valence-electron chi connectivity index (χ3n) is 5.06. The second-order valence-corrected chi connectivity index (χ2v) is 8.97. The summed E-state index contributed by atoms with van der Waals surface area (Å²) in [6.07, 6.45) is 3.15. The van der Waals surface area contributed by atoms with Crippen LogP contribution in [0.2, 0.25) is 0 Å². The summed E-state index contributed by atoms with van der Waals surface area (Å²) in [6.45, 7) is 1.73. The largest absolute Gasteiger partial charge is 0.467 e. The fourth-order valence-electron chi connectivity index (χ4n) is 3.61. The summed E-state index contributed by atoms with van der Waals surface area (Å²) in [7, 11) is 0. The number of nitrogens with one attached hydrogen (secondary N) is 1. The standard InChI is InChI=1S/C19H20BrN3O3S/c20-14-3-1-4-15(11-14)21-18(25)22-8-6-19(7-9-22)23(17(24)13-27-19)12-16-5-2-10-26-16/h1-5,10-11H,6-9,12-13H2,(H,21,25). The van der Waals surface area contributed by atoms with Crippen molar-refractivity contribution < 1.29 is 14.0 Å². The number of hydrogen-bond acceptors (Lipinski definition) is 4. The lowest BCUT2D eigenvalue weighted by Crippen LogP contribution is -2.53. The molecule has 2 aliphatic rings. The number of halogens is 1. The molecule has 4 rings (SSSR count). The predicted molar refractivity (Wildman–Crippen MR) is 108 cm³/mol. The number of benzene rings is 1. The Morgan fingerprint density at radius 3 is 2.78 bits per heavy atom. The van der Waals surface area contributed by atoms with Crippen LogP contribution in [0, 0.1) is 0 Å². The van der Waals surface area contributed by atoms with E-state index in [1.807, 2.05) is 46.2 Å². The molecule has 2 aromatic rings. The molecule has 0 radical (unpaired) electrons. The number of nitrogens with zero attached hydrogens (tertiary/aromatic N) is 2. The van der Waals surface area contributed by atoms with E-state index in [1.54, 1.807) is 18.0 Å². The van der Waals surface area contributed by atoms with Gasteiger partial charge in [0.1, 0.15) is 5.76 Å². The van der Waals surface area contributed by atoms with Crippen molar-refractivity contribution in [3.05, 3.63) is 52.9 Å². The van der Waals surface area contributed by atoms with Gasteiger partial charge in [-0.2, -0.15) is 0 Å². The minimum atomic E-state index is -0.240. The van der Waals surface area contributed by atoms with Gasteiger partial charge in [-0.15, -0.1) is 11.8 Å². The van der Waals surface area contributed by atoms with Crippen molar-refractivity contribution >= 4 is 45.3 Å². The van der Waals surface area contributed by atoms with E-state index in [1.165, 1.54) is 0 Å². The minimum absolute atomic E-state index is 0.102. The first-order valence-electron chi connectivity index (χ1n) is 8.84. The highest BCUT2D eigenvalue weighted by molar-refractivity contribution is 9.10. The topological polar surface area (TPSA) is 65.8 Å². The Labute approximate surface area is 170 Å². The molecule has 0 unspecified atom stereocenters. The van der Waals surface area contributed by atoms with Crippen molar-refractivity contribution in [3.8, 4) is 0 Å². The molecule has 1 aromatic carbocycles. The zero-order valence-electron chi connectivity index (χ0n) is 14.7. The summed E-state index contributed by atoms with van der Waals surface area (Å²) in [5.41, 5.74) is 0.763. The van der Waals surface area contributed by atoms with Gasteiger partial charge >= 0.3 is 6.03 Å². The third-order valence-corrected chi connectivity index (χ3v) is 7.11. The normalized spacial score (nSPS) is 18.9. The first-order valence-corrected chi connectivity index (χ1v) is 10.6. The number of piperidine rings is 1. The Hall–Kier alpha value is -1.93. The number of likely N-dealkylation sites (tertiary alicyclic amines) is 1. The van der Waals surface area contributed by atoms with E-state index in [4.69, 9.17) is 4.42 Å². The van der Waals surface area contributed by atoms with Gasteiger partial charge < -0.3 is 19.5 Å². The average Bonchev–Trinajstić information content (AvgIpc) is 3.27. The van der Waals surface area contributed by atoms with E-state index in [-0.39, 0.29) is 16.8 Å². The van der Waals surface area contributed by atoms with E-state index in [0.29, 0.717) is 25.4 Å². The minimum Gasteiger partial charge on any atom is -0.467 e. The molecule has 27 heavy (non-hydrogen) atoms. The van der Waals surface area contributed by atoms with Gasteiger partial charge in [-0.1, -0.05) is 22.0 Å². The Kier molecular flexibility index (Phi) is 5.19. The van der Waals surface area contributed by atoms with E-state index in [0.717, 1.165) is 28.8 Å². The molecule has 142 valence electrons. The van der Waals surface area contributed by atoms with Crippen LogP contribution in [0.15, 0.2) is 51.6 Å². The molecule has 0 bridgehead atoms. The molecule has 3 heterocycles. The van der Waals surface area contributed by atoms with Gasteiger partial charge in [0.15, 0.2) is 0 Å². The lowest BCUT2D eigenvalue weighted by Gasteiger charge is -2.43. The molecule has 3 amide bonds. The molecular weight excluding hydrogens is 430 g/mol. The number of urea groups is 1. The van der Waals surface area contributed by atoms with Gasteiger partial charge in [0.05, 0.1) is 23.4 Å². The van der Waals surface area contributed by atoms with Gasteiger partial charge in [0.25, 0.3) is 0 Å².